The lowest BCUT2D eigenvalue weighted by Gasteiger charge is -2.16. The first-order valence-corrected chi connectivity index (χ1v) is 12.8. The summed E-state index contributed by atoms with van der Waals surface area (Å²) in [5, 5.41) is 7.72. The van der Waals surface area contributed by atoms with Crippen LogP contribution in [0.2, 0.25) is 0 Å². The van der Waals surface area contributed by atoms with Crippen molar-refractivity contribution in [1.82, 2.24) is 20.1 Å². The molecule has 0 aliphatic carbocycles. The number of carbonyl (C=O) groups is 1. The average Bonchev–Trinajstić information content (AvgIpc) is 3.34. The van der Waals surface area contributed by atoms with E-state index in [1.165, 1.54) is 0 Å². The van der Waals surface area contributed by atoms with E-state index in [-0.39, 0.29) is 5.91 Å². The minimum atomic E-state index is -0.118. The Kier molecular flexibility index (Phi) is 7.70. The van der Waals surface area contributed by atoms with Gasteiger partial charge in [0.15, 0.2) is 0 Å². The van der Waals surface area contributed by atoms with Gasteiger partial charge in [-0.25, -0.2) is 0 Å². The smallest absolute Gasteiger partial charge is 0.270 e. The highest BCUT2D eigenvalue weighted by molar-refractivity contribution is 6.03. The van der Waals surface area contributed by atoms with Crippen LogP contribution in [0.5, 0.6) is 11.5 Å². The molecule has 8 nitrogen and oxygen atoms in total. The zero-order valence-corrected chi connectivity index (χ0v) is 21.9. The van der Waals surface area contributed by atoms with Crippen molar-refractivity contribution in [2.75, 3.05) is 26.9 Å². The van der Waals surface area contributed by atoms with Gasteiger partial charge in [-0.05, 0) is 52.9 Å². The van der Waals surface area contributed by atoms with Crippen molar-refractivity contribution in [2.45, 2.75) is 32.9 Å². The maximum Gasteiger partial charge on any atom is 0.270 e. The first-order valence-electron chi connectivity index (χ1n) is 12.8. The minimum absolute atomic E-state index is 0.118. The highest BCUT2D eigenvalue weighted by Crippen LogP contribution is 2.36. The van der Waals surface area contributed by atoms with Crippen LogP contribution in [0.25, 0.3) is 22.4 Å². The topological polar surface area (TPSA) is 87.5 Å². The molecule has 0 spiro atoms. The van der Waals surface area contributed by atoms with Gasteiger partial charge in [0.25, 0.3) is 5.91 Å². The summed E-state index contributed by atoms with van der Waals surface area (Å²) in [6.07, 6.45) is 3.46. The predicted molar refractivity (Wildman–Crippen MR) is 145 cm³/mol. The summed E-state index contributed by atoms with van der Waals surface area (Å²) in [5.41, 5.74) is 6.14. The zero-order chi connectivity index (χ0) is 26.5. The summed E-state index contributed by atoms with van der Waals surface area (Å²) >= 11 is 0. The summed E-state index contributed by atoms with van der Waals surface area (Å²) in [4.78, 5) is 16.9. The molecule has 0 atom stereocenters. The molecule has 2 aromatic carbocycles. The monoisotopic (exact) mass is 512 g/mol. The molecule has 0 radical (unpaired) electrons. The lowest BCUT2D eigenvalue weighted by atomic mass is 9.98. The van der Waals surface area contributed by atoms with E-state index < -0.39 is 0 Å². The van der Waals surface area contributed by atoms with Gasteiger partial charge in [-0.15, -0.1) is 0 Å². The molecule has 0 bridgehead atoms. The van der Waals surface area contributed by atoms with Gasteiger partial charge in [0.05, 0.1) is 13.2 Å². The van der Waals surface area contributed by atoms with Gasteiger partial charge < -0.3 is 19.5 Å². The second-order valence-electron chi connectivity index (χ2n) is 9.47. The number of rotatable bonds is 10. The Balaban J connectivity index is 1.37. The lowest BCUT2D eigenvalue weighted by Crippen LogP contribution is -2.35. The number of aromatic nitrogens is 3. The molecular formula is C30H32N4O4. The summed E-state index contributed by atoms with van der Waals surface area (Å²) < 4.78 is 19.0. The van der Waals surface area contributed by atoms with E-state index in [0.717, 1.165) is 45.0 Å². The van der Waals surface area contributed by atoms with Crippen molar-refractivity contribution < 1.29 is 19.0 Å². The number of amides is 1. The molecule has 1 N–H and O–H groups in total. The number of hydrogen-bond donors (Lipinski definition) is 1. The lowest BCUT2D eigenvalue weighted by molar-refractivity contribution is 0.0925. The fourth-order valence-corrected chi connectivity index (χ4v) is 4.59. The van der Waals surface area contributed by atoms with Crippen LogP contribution < -0.4 is 14.8 Å². The quantitative estimate of drug-likeness (QED) is 0.298. The van der Waals surface area contributed by atoms with Crippen LogP contribution in [-0.2, 0) is 17.9 Å². The standard InChI is InChI=1S/C30H32N4O4/c1-20(2)25-9-4-21(18-26(25)37-17-16-36-3)19-38-24-7-5-22(6-8-24)27-28(23-10-12-31-13-11-23)33-34-15-14-32-30(35)29(27)34/h4-13,18,20H,14-17,19H2,1-3H3,(H,32,35). The van der Waals surface area contributed by atoms with Gasteiger partial charge in [-0.1, -0.05) is 38.1 Å². The average molecular weight is 513 g/mol. The normalized spacial score (nSPS) is 12.8. The molecule has 3 heterocycles. The van der Waals surface area contributed by atoms with E-state index in [4.69, 9.17) is 19.3 Å². The summed E-state index contributed by atoms with van der Waals surface area (Å²) in [6.45, 7) is 6.94. The number of methoxy groups -OCH3 is 1. The molecule has 0 unspecified atom stereocenters. The second-order valence-corrected chi connectivity index (χ2v) is 9.47. The molecule has 196 valence electrons. The third-order valence-electron chi connectivity index (χ3n) is 6.52. The van der Waals surface area contributed by atoms with Gasteiger partial charge in [-0.3, -0.25) is 14.5 Å². The minimum Gasteiger partial charge on any atom is -0.491 e. The Labute approximate surface area is 222 Å². The van der Waals surface area contributed by atoms with E-state index in [2.05, 4.69) is 36.3 Å². The van der Waals surface area contributed by atoms with Crippen LogP contribution in [0.15, 0.2) is 67.0 Å². The Morgan fingerprint density at radius 3 is 2.50 bits per heavy atom. The molecular weight excluding hydrogens is 480 g/mol. The molecule has 8 heteroatoms. The van der Waals surface area contributed by atoms with Crippen LogP contribution in [0.1, 0.15) is 41.4 Å². The van der Waals surface area contributed by atoms with Crippen LogP contribution in [-0.4, -0.2) is 47.5 Å². The third-order valence-corrected chi connectivity index (χ3v) is 6.52. The summed E-state index contributed by atoms with van der Waals surface area (Å²) in [6, 6.07) is 17.8. The largest absolute Gasteiger partial charge is 0.491 e. The SMILES string of the molecule is COCCOc1cc(COc2ccc(-c3c(-c4ccncc4)nn4c3C(=O)NCC4)cc2)ccc1C(C)C. The van der Waals surface area contributed by atoms with E-state index in [9.17, 15) is 4.79 Å². The van der Waals surface area contributed by atoms with Gasteiger partial charge in [0.1, 0.15) is 36.1 Å². The van der Waals surface area contributed by atoms with Gasteiger partial charge >= 0.3 is 0 Å². The first kappa shape index (κ1) is 25.5. The number of benzene rings is 2. The molecule has 5 rings (SSSR count). The maximum atomic E-state index is 12.8. The van der Waals surface area contributed by atoms with Crippen molar-refractivity contribution in [3.8, 4) is 33.9 Å². The fraction of sp³-hybridized carbons (Fsp3) is 0.300. The Morgan fingerprint density at radius 2 is 1.76 bits per heavy atom. The Hall–Kier alpha value is -4.17. The van der Waals surface area contributed by atoms with Crippen molar-refractivity contribution >= 4 is 5.91 Å². The number of fused-ring (bicyclic) bond motifs is 1. The number of nitrogens with one attached hydrogen (secondary N) is 1. The van der Waals surface area contributed by atoms with Gasteiger partial charge in [-0.2, -0.15) is 5.10 Å². The fourth-order valence-electron chi connectivity index (χ4n) is 4.59. The van der Waals surface area contributed by atoms with Crippen LogP contribution >= 0.6 is 0 Å². The third kappa shape index (κ3) is 5.40. The molecule has 1 aliphatic heterocycles. The molecule has 0 saturated carbocycles. The van der Waals surface area contributed by atoms with Crippen molar-refractivity contribution in [3.05, 3.63) is 83.8 Å². The Bertz CT molecular complexity index is 1400. The van der Waals surface area contributed by atoms with E-state index in [1.54, 1.807) is 24.2 Å². The van der Waals surface area contributed by atoms with Crippen LogP contribution in [0, 0.1) is 0 Å². The highest BCUT2D eigenvalue weighted by Gasteiger charge is 2.28. The van der Waals surface area contributed by atoms with E-state index in [1.807, 2.05) is 42.5 Å². The highest BCUT2D eigenvalue weighted by atomic mass is 16.5. The molecule has 0 fully saturated rings. The number of carbonyl (C=O) groups excluding carboxylic acids is 1. The maximum absolute atomic E-state index is 12.8. The molecule has 0 saturated heterocycles. The van der Waals surface area contributed by atoms with Crippen LogP contribution in [0.4, 0.5) is 0 Å². The Morgan fingerprint density at radius 1 is 0.974 bits per heavy atom. The number of ether oxygens (including phenoxy) is 3. The molecule has 4 aromatic rings. The number of pyridine rings is 1. The van der Waals surface area contributed by atoms with E-state index >= 15 is 0 Å². The van der Waals surface area contributed by atoms with E-state index in [0.29, 0.717) is 44.5 Å². The van der Waals surface area contributed by atoms with Gasteiger partial charge in [0.2, 0.25) is 0 Å². The molecule has 38 heavy (non-hydrogen) atoms. The van der Waals surface area contributed by atoms with Crippen molar-refractivity contribution in [3.63, 3.8) is 0 Å². The van der Waals surface area contributed by atoms with Crippen molar-refractivity contribution in [2.24, 2.45) is 0 Å². The molecule has 1 amide bonds. The number of hydrogen-bond acceptors (Lipinski definition) is 6. The summed E-state index contributed by atoms with van der Waals surface area (Å²) in [5.74, 6) is 1.83. The molecule has 1 aliphatic rings. The summed E-state index contributed by atoms with van der Waals surface area (Å²) in [7, 11) is 1.67. The predicted octanol–water partition coefficient (Wildman–Crippen LogP) is 5.08. The van der Waals surface area contributed by atoms with Gasteiger partial charge in [0, 0.05) is 37.2 Å². The zero-order valence-electron chi connectivity index (χ0n) is 21.9. The second kappa shape index (κ2) is 11.5. The first-order chi connectivity index (χ1) is 18.5. The van der Waals surface area contributed by atoms with Crippen LogP contribution in [0.3, 0.4) is 0 Å². The number of nitrogens with zero attached hydrogens (tertiary/aromatic N) is 3. The molecule has 2 aromatic heterocycles. The van der Waals surface area contributed by atoms with Crippen molar-refractivity contribution in [1.29, 1.82) is 0 Å².